The topological polar surface area (TPSA) is 35.7 Å². The first-order valence-electron chi connectivity index (χ1n) is 9.08. The quantitative estimate of drug-likeness (QED) is 0.849. The van der Waals surface area contributed by atoms with Crippen molar-refractivity contribution in [3.8, 4) is 0 Å². The summed E-state index contributed by atoms with van der Waals surface area (Å²) in [5.74, 6) is 0. The molecule has 0 bridgehead atoms. The smallest absolute Gasteiger partial charge is 0.0356 e. The van der Waals surface area contributed by atoms with Gasteiger partial charge in [0.1, 0.15) is 0 Å². The molecule has 1 unspecified atom stereocenters. The fourth-order valence-electron chi connectivity index (χ4n) is 4.68. The number of hydrogen-bond acceptors (Lipinski definition) is 4. The Kier molecular flexibility index (Phi) is 4.89. The second-order valence-corrected chi connectivity index (χ2v) is 7.69. The lowest BCUT2D eigenvalue weighted by atomic mass is 9.85. The first-order valence-corrected chi connectivity index (χ1v) is 9.08. The molecular weight excluding hydrogens is 260 g/mol. The van der Waals surface area contributed by atoms with Gasteiger partial charge >= 0.3 is 0 Å². The maximum absolute atomic E-state index is 6.26. The van der Waals surface area contributed by atoms with Gasteiger partial charge in [0.25, 0.3) is 0 Å². The molecule has 0 aliphatic carbocycles. The minimum Gasteiger partial charge on any atom is -0.329 e. The van der Waals surface area contributed by atoms with E-state index in [0.29, 0.717) is 11.6 Å². The van der Waals surface area contributed by atoms with E-state index in [2.05, 4.69) is 28.5 Å². The summed E-state index contributed by atoms with van der Waals surface area (Å²) >= 11 is 0. The van der Waals surface area contributed by atoms with E-state index in [1.165, 1.54) is 71.4 Å². The molecule has 4 nitrogen and oxygen atoms in total. The molecule has 3 aliphatic rings. The molecule has 0 radical (unpaired) electrons. The lowest BCUT2D eigenvalue weighted by Gasteiger charge is -2.48. The molecule has 3 heterocycles. The van der Waals surface area contributed by atoms with E-state index in [9.17, 15) is 0 Å². The van der Waals surface area contributed by atoms with E-state index in [-0.39, 0.29) is 0 Å². The standard InChI is InChI=1S/C17H34N4/c1-15(2)19-11-6-17(14-18,7-12-19)21-10-5-16(13-21)20-8-3-4-9-20/h15-16H,3-14,18H2,1-2H3. The molecule has 0 spiro atoms. The highest BCUT2D eigenvalue weighted by molar-refractivity contribution is 5.01. The van der Waals surface area contributed by atoms with Gasteiger partial charge in [0.05, 0.1) is 0 Å². The fraction of sp³-hybridized carbons (Fsp3) is 1.00. The van der Waals surface area contributed by atoms with Crippen LogP contribution in [0.1, 0.15) is 46.0 Å². The molecule has 0 saturated carbocycles. The van der Waals surface area contributed by atoms with E-state index in [4.69, 9.17) is 5.73 Å². The molecule has 2 N–H and O–H groups in total. The van der Waals surface area contributed by atoms with Crippen molar-refractivity contribution in [2.75, 3.05) is 45.8 Å². The SMILES string of the molecule is CC(C)N1CCC(CN)(N2CCC(N3CCCC3)C2)CC1. The summed E-state index contributed by atoms with van der Waals surface area (Å²) in [5, 5.41) is 0. The minimum absolute atomic E-state index is 0.292. The van der Waals surface area contributed by atoms with Gasteiger partial charge in [0.15, 0.2) is 0 Å². The Morgan fingerprint density at radius 1 is 1.05 bits per heavy atom. The number of nitrogens with two attached hydrogens (primary N) is 1. The molecule has 0 amide bonds. The lowest BCUT2D eigenvalue weighted by molar-refractivity contribution is 0.0286. The van der Waals surface area contributed by atoms with Crippen LogP contribution in [0.4, 0.5) is 0 Å². The van der Waals surface area contributed by atoms with Crippen LogP contribution in [-0.4, -0.2) is 78.1 Å². The molecule has 3 fully saturated rings. The lowest BCUT2D eigenvalue weighted by Crippen LogP contribution is -2.59. The average molecular weight is 294 g/mol. The zero-order valence-electron chi connectivity index (χ0n) is 14.1. The zero-order chi connectivity index (χ0) is 14.9. The number of rotatable bonds is 4. The molecule has 3 aliphatic heterocycles. The Morgan fingerprint density at radius 3 is 2.29 bits per heavy atom. The summed E-state index contributed by atoms with van der Waals surface area (Å²) in [6.07, 6.45) is 6.68. The third-order valence-electron chi connectivity index (χ3n) is 6.33. The van der Waals surface area contributed by atoms with Crippen LogP contribution in [0.25, 0.3) is 0 Å². The van der Waals surface area contributed by atoms with E-state index in [1.807, 2.05) is 0 Å². The fourth-order valence-corrected chi connectivity index (χ4v) is 4.68. The van der Waals surface area contributed by atoms with Crippen LogP contribution < -0.4 is 5.73 Å². The van der Waals surface area contributed by atoms with Crippen molar-refractivity contribution in [1.82, 2.24) is 14.7 Å². The van der Waals surface area contributed by atoms with E-state index < -0.39 is 0 Å². The summed E-state index contributed by atoms with van der Waals surface area (Å²) in [6.45, 7) is 13.1. The first-order chi connectivity index (χ1) is 10.1. The molecule has 0 aromatic rings. The summed E-state index contributed by atoms with van der Waals surface area (Å²) in [4.78, 5) is 8.10. The van der Waals surface area contributed by atoms with E-state index in [0.717, 1.165) is 12.6 Å². The van der Waals surface area contributed by atoms with Crippen molar-refractivity contribution >= 4 is 0 Å². The summed E-state index contributed by atoms with van der Waals surface area (Å²) in [6, 6.07) is 1.48. The second-order valence-electron chi connectivity index (χ2n) is 7.69. The van der Waals surface area contributed by atoms with Crippen molar-refractivity contribution in [3.05, 3.63) is 0 Å². The highest BCUT2D eigenvalue weighted by Gasteiger charge is 2.43. The van der Waals surface area contributed by atoms with Gasteiger partial charge in [-0.15, -0.1) is 0 Å². The van der Waals surface area contributed by atoms with Crippen molar-refractivity contribution < 1.29 is 0 Å². The molecule has 0 aromatic heterocycles. The van der Waals surface area contributed by atoms with Gasteiger partial charge < -0.3 is 10.6 Å². The third-order valence-corrected chi connectivity index (χ3v) is 6.33. The Balaban J connectivity index is 1.59. The molecule has 21 heavy (non-hydrogen) atoms. The Hall–Kier alpha value is -0.160. The van der Waals surface area contributed by atoms with Gasteiger partial charge in [-0.2, -0.15) is 0 Å². The van der Waals surface area contributed by atoms with Crippen LogP contribution in [0, 0.1) is 0 Å². The van der Waals surface area contributed by atoms with E-state index >= 15 is 0 Å². The van der Waals surface area contributed by atoms with Crippen LogP contribution in [-0.2, 0) is 0 Å². The molecule has 0 aromatic carbocycles. The number of hydrogen-bond donors (Lipinski definition) is 1. The number of nitrogens with zero attached hydrogens (tertiary/aromatic N) is 3. The second kappa shape index (κ2) is 6.53. The number of likely N-dealkylation sites (tertiary alicyclic amines) is 3. The van der Waals surface area contributed by atoms with Crippen LogP contribution in [0.2, 0.25) is 0 Å². The number of piperidine rings is 1. The minimum atomic E-state index is 0.292. The Morgan fingerprint density at radius 2 is 1.71 bits per heavy atom. The maximum atomic E-state index is 6.26. The van der Waals surface area contributed by atoms with E-state index in [1.54, 1.807) is 0 Å². The van der Waals surface area contributed by atoms with Crippen LogP contribution in [0.3, 0.4) is 0 Å². The highest BCUT2D eigenvalue weighted by atomic mass is 15.3. The summed E-state index contributed by atoms with van der Waals surface area (Å²) in [7, 11) is 0. The maximum Gasteiger partial charge on any atom is 0.0356 e. The van der Waals surface area contributed by atoms with Gasteiger partial charge in [-0.25, -0.2) is 0 Å². The average Bonchev–Trinajstić information content (AvgIpc) is 3.18. The van der Waals surface area contributed by atoms with Gasteiger partial charge in [0.2, 0.25) is 0 Å². The third kappa shape index (κ3) is 3.14. The summed E-state index contributed by atoms with van der Waals surface area (Å²) < 4.78 is 0. The molecule has 3 rings (SSSR count). The molecular formula is C17H34N4. The highest BCUT2D eigenvalue weighted by Crippen LogP contribution is 2.33. The van der Waals surface area contributed by atoms with Crippen LogP contribution in [0.15, 0.2) is 0 Å². The van der Waals surface area contributed by atoms with Crippen molar-refractivity contribution in [2.24, 2.45) is 5.73 Å². The Bertz CT molecular complexity index is 330. The van der Waals surface area contributed by atoms with Gasteiger partial charge in [-0.05, 0) is 59.0 Å². The normalized spacial score (nSPS) is 32.3. The monoisotopic (exact) mass is 294 g/mol. The van der Waals surface area contributed by atoms with Crippen molar-refractivity contribution in [3.63, 3.8) is 0 Å². The zero-order valence-corrected chi connectivity index (χ0v) is 14.1. The van der Waals surface area contributed by atoms with Crippen molar-refractivity contribution in [2.45, 2.75) is 63.6 Å². The van der Waals surface area contributed by atoms with Gasteiger partial charge in [0, 0.05) is 50.3 Å². The molecule has 122 valence electrons. The molecule has 4 heteroatoms. The van der Waals surface area contributed by atoms with Crippen LogP contribution >= 0.6 is 0 Å². The van der Waals surface area contributed by atoms with Gasteiger partial charge in [-0.3, -0.25) is 9.80 Å². The Labute approximate surface area is 130 Å². The molecule has 1 atom stereocenters. The largest absolute Gasteiger partial charge is 0.329 e. The van der Waals surface area contributed by atoms with Gasteiger partial charge in [-0.1, -0.05) is 0 Å². The predicted octanol–water partition coefficient (Wildman–Crippen LogP) is 1.36. The van der Waals surface area contributed by atoms with Crippen LogP contribution in [0.5, 0.6) is 0 Å². The summed E-state index contributed by atoms with van der Waals surface area (Å²) in [5.41, 5.74) is 6.56. The molecule has 3 saturated heterocycles. The van der Waals surface area contributed by atoms with Crippen molar-refractivity contribution in [1.29, 1.82) is 0 Å². The first kappa shape index (κ1) is 15.7. The predicted molar refractivity (Wildman–Crippen MR) is 88.5 cm³/mol.